The monoisotopic (exact) mass is 258 g/mol. The van der Waals surface area contributed by atoms with E-state index in [0.717, 1.165) is 16.7 Å². The lowest BCUT2D eigenvalue weighted by Crippen LogP contribution is -1.96. The molecule has 0 bridgehead atoms. The molecule has 0 aliphatic heterocycles. The van der Waals surface area contributed by atoms with Crippen LogP contribution in [0, 0.1) is 0 Å². The molecule has 2 heterocycles. The van der Waals surface area contributed by atoms with Gasteiger partial charge in [0.2, 0.25) is 0 Å². The van der Waals surface area contributed by atoms with Crippen LogP contribution in [0.15, 0.2) is 53.2 Å². The Morgan fingerprint density at radius 3 is 2.83 bits per heavy atom. The molecule has 1 atom stereocenters. The first-order valence-electron chi connectivity index (χ1n) is 5.71. The van der Waals surface area contributed by atoms with Gasteiger partial charge in [0.25, 0.3) is 0 Å². The van der Waals surface area contributed by atoms with Crippen molar-refractivity contribution < 1.29 is 4.42 Å². The summed E-state index contributed by atoms with van der Waals surface area (Å²) in [6.07, 6.45) is 4.05. The van der Waals surface area contributed by atoms with Crippen molar-refractivity contribution in [1.82, 2.24) is 9.97 Å². The summed E-state index contributed by atoms with van der Waals surface area (Å²) in [4.78, 5) is 8.46. The second kappa shape index (κ2) is 4.78. The zero-order valence-electron chi connectivity index (χ0n) is 9.58. The number of benzene rings is 1. The lowest BCUT2D eigenvalue weighted by atomic mass is 10.1. The molecule has 4 heteroatoms. The Hall–Kier alpha value is -1.87. The quantitative estimate of drug-likeness (QED) is 0.672. The summed E-state index contributed by atoms with van der Waals surface area (Å²) < 4.78 is 5.64. The number of fused-ring (bicyclic) bond motifs is 1. The third kappa shape index (κ3) is 2.22. The predicted octanol–water partition coefficient (Wildman–Crippen LogP) is 3.75. The first-order valence-corrected chi connectivity index (χ1v) is 6.15. The smallest absolute Gasteiger partial charge is 0.197 e. The predicted molar refractivity (Wildman–Crippen MR) is 70.5 cm³/mol. The molecule has 3 aromatic rings. The van der Waals surface area contributed by atoms with E-state index in [0.29, 0.717) is 12.3 Å². The summed E-state index contributed by atoms with van der Waals surface area (Å²) in [6, 6.07) is 11.5. The summed E-state index contributed by atoms with van der Waals surface area (Å²) >= 11 is 6.33. The molecule has 18 heavy (non-hydrogen) atoms. The van der Waals surface area contributed by atoms with E-state index in [1.807, 2.05) is 36.4 Å². The van der Waals surface area contributed by atoms with E-state index < -0.39 is 0 Å². The van der Waals surface area contributed by atoms with Crippen molar-refractivity contribution in [3.63, 3.8) is 0 Å². The SMILES string of the molecule is ClC(Cc1nc2ccccc2o1)c1cccnc1. The van der Waals surface area contributed by atoms with Crippen molar-refractivity contribution in [2.45, 2.75) is 11.8 Å². The van der Waals surface area contributed by atoms with Gasteiger partial charge in [-0.05, 0) is 23.8 Å². The maximum atomic E-state index is 6.33. The topological polar surface area (TPSA) is 38.9 Å². The van der Waals surface area contributed by atoms with Gasteiger partial charge in [-0.1, -0.05) is 18.2 Å². The molecular weight excluding hydrogens is 248 g/mol. The Bertz CT molecular complexity index is 618. The Labute approximate surface area is 109 Å². The maximum absolute atomic E-state index is 6.33. The van der Waals surface area contributed by atoms with Gasteiger partial charge in [0.15, 0.2) is 11.5 Å². The Morgan fingerprint density at radius 1 is 1.17 bits per heavy atom. The van der Waals surface area contributed by atoms with Crippen molar-refractivity contribution >= 4 is 22.7 Å². The minimum absolute atomic E-state index is 0.174. The average molecular weight is 259 g/mol. The molecule has 3 nitrogen and oxygen atoms in total. The van der Waals surface area contributed by atoms with Gasteiger partial charge in [-0.25, -0.2) is 4.98 Å². The van der Waals surface area contributed by atoms with E-state index in [4.69, 9.17) is 16.0 Å². The summed E-state index contributed by atoms with van der Waals surface area (Å²) in [7, 11) is 0. The van der Waals surface area contributed by atoms with Crippen LogP contribution in [0.3, 0.4) is 0 Å². The molecule has 90 valence electrons. The molecule has 0 spiro atoms. The van der Waals surface area contributed by atoms with Gasteiger partial charge in [0.1, 0.15) is 5.52 Å². The van der Waals surface area contributed by atoms with Gasteiger partial charge in [0, 0.05) is 18.8 Å². The molecule has 0 aliphatic rings. The summed E-state index contributed by atoms with van der Waals surface area (Å²) in [5, 5.41) is -0.174. The van der Waals surface area contributed by atoms with Gasteiger partial charge in [-0.3, -0.25) is 4.98 Å². The zero-order chi connectivity index (χ0) is 12.4. The van der Waals surface area contributed by atoms with E-state index in [-0.39, 0.29) is 5.38 Å². The minimum Gasteiger partial charge on any atom is -0.441 e. The number of oxazole rings is 1. The average Bonchev–Trinajstić information content (AvgIpc) is 2.82. The summed E-state index contributed by atoms with van der Waals surface area (Å²) in [6.45, 7) is 0. The van der Waals surface area contributed by atoms with E-state index in [9.17, 15) is 0 Å². The molecule has 1 aromatic carbocycles. The maximum Gasteiger partial charge on any atom is 0.197 e. The normalized spacial score (nSPS) is 12.7. The number of nitrogens with zero attached hydrogens (tertiary/aromatic N) is 2. The number of alkyl halides is 1. The zero-order valence-corrected chi connectivity index (χ0v) is 10.3. The fraction of sp³-hybridized carbons (Fsp3) is 0.143. The van der Waals surface area contributed by atoms with Gasteiger partial charge < -0.3 is 4.42 Å². The minimum atomic E-state index is -0.174. The highest BCUT2D eigenvalue weighted by Crippen LogP contribution is 2.25. The van der Waals surface area contributed by atoms with Crippen LogP contribution in [0.2, 0.25) is 0 Å². The van der Waals surface area contributed by atoms with E-state index >= 15 is 0 Å². The third-order valence-electron chi connectivity index (χ3n) is 2.74. The molecule has 0 fully saturated rings. The highest BCUT2D eigenvalue weighted by molar-refractivity contribution is 6.20. The molecule has 0 saturated heterocycles. The number of halogens is 1. The molecule has 2 aromatic heterocycles. The molecule has 0 aliphatic carbocycles. The van der Waals surface area contributed by atoms with Gasteiger partial charge in [-0.15, -0.1) is 11.6 Å². The first kappa shape index (κ1) is 11.2. The fourth-order valence-corrected chi connectivity index (χ4v) is 2.10. The number of pyridine rings is 1. The van der Waals surface area contributed by atoms with Crippen molar-refractivity contribution in [1.29, 1.82) is 0 Å². The molecule has 0 amide bonds. The second-order valence-electron chi connectivity index (χ2n) is 4.03. The lowest BCUT2D eigenvalue weighted by molar-refractivity contribution is 0.525. The second-order valence-corrected chi connectivity index (χ2v) is 4.56. The number of rotatable bonds is 3. The first-order chi connectivity index (χ1) is 8.83. The van der Waals surface area contributed by atoms with Gasteiger partial charge in [0.05, 0.1) is 5.38 Å². The molecular formula is C14H11ClN2O. The summed E-state index contributed by atoms with van der Waals surface area (Å²) in [5.74, 6) is 0.653. The van der Waals surface area contributed by atoms with Gasteiger partial charge in [-0.2, -0.15) is 0 Å². The van der Waals surface area contributed by atoms with Crippen molar-refractivity contribution in [3.8, 4) is 0 Å². The number of hydrogen-bond donors (Lipinski definition) is 0. The Morgan fingerprint density at radius 2 is 2.06 bits per heavy atom. The lowest BCUT2D eigenvalue weighted by Gasteiger charge is -2.05. The number of aromatic nitrogens is 2. The molecule has 0 radical (unpaired) electrons. The Balaban J connectivity index is 1.84. The van der Waals surface area contributed by atoms with Crippen LogP contribution >= 0.6 is 11.6 Å². The molecule has 0 N–H and O–H groups in total. The largest absolute Gasteiger partial charge is 0.441 e. The van der Waals surface area contributed by atoms with Crippen LogP contribution in [0.4, 0.5) is 0 Å². The number of hydrogen-bond acceptors (Lipinski definition) is 3. The van der Waals surface area contributed by atoms with Crippen LogP contribution in [0.1, 0.15) is 16.8 Å². The van der Waals surface area contributed by atoms with E-state index in [2.05, 4.69) is 9.97 Å². The molecule has 3 rings (SSSR count). The van der Waals surface area contributed by atoms with E-state index in [1.54, 1.807) is 12.4 Å². The van der Waals surface area contributed by atoms with Crippen LogP contribution < -0.4 is 0 Å². The van der Waals surface area contributed by atoms with Crippen LogP contribution in [-0.2, 0) is 6.42 Å². The van der Waals surface area contributed by atoms with Crippen LogP contribution in [-0.4, -0.2) is 9.97 Å². The van der Waals surface area contributed by atoms with Crippen molar-refractivity contribution in [2.75, 3.05) is 0 Å². The fourth-order valence-electron chi connectivity index (χ4n) is 1.84. The molecule has 0 saturated carbocycles. The summed E-state index contributed by atoms with van der Waals surface area (Å²) in [5.41, 5.74) is 2.63. The highest BCUT2D eigenvalue weighted by atomic mass is 35.5. The third-order valence-corrected chi connectivity index (χ3v) is 3.14. The Kier molecular flexibility index (Phi) is 2.99. The molecule has 1 unspecified atom stereocenters. The van der Waals surface area contributed by atoms with Crippen LogP contribution in [0.25, 0.3) is 11.1 Å². The van der Waals surface area contributed by atoms with Crippen molar-refractivity contribution in [2.24, 2.45) is 0 Å². The highest BCUT2D eigenvalue weighted by Gasteiger charge is 2.13. The standard InChI is InChI=1S/C14H11ClN2O/c15-11(10-4-3-7-16-9-10)8-14-17-12-5-1-2-6-13(12)18-14/h1-7,9,11H,8H2. The van der Waals surface area contributed by atoms with Gasteiger partial charge >= 0.3 is 0 Å². The van der Waals surface area contributed by atoms with E-state index in [1.165, 1.54) is 0 Å². The van der Waals surface area contributed by atoms with Crippen LogP contribution in [0.5, 0.6) is 0 Å². The van der Waals surface area contributed by atoms with Crippen molar-refractivity contribution in [3.05, 3.63) is 60.2 Å². The number of para-hydroxylation sites is 2.